The lowest BCUT2D eigenvalue weighted by Gasteiger charge is -2.36. The quantitative estimate of drug-likeness (QED) is 0.139. The SMILES string of the molecule is CCCC(C)(NC)OC(=O)OCn1c(=O)ccc2ccc(OCCCCN3CCN(c4cccc(Cl)c4Cl)CC3)cc21. The number of carbonyl (C=O) groups is 1. The Labute approximate surface area is 257 Å². The summed E-state index contributed by atoms with van der Waals surface area (Å²) >= 11 is 12.6. The number of nitrogens with zero attached hydrogens (tertiary/aromatic N) is 3. The lowest BCUT2D eigenvalue weighted by molar-refractivity contribution is -0.0543. The van der Waals surface area contributed by atoms with Crippen molar-refractivity contribution >= 4 is 45.9 Å². The van der Waals surface area contributed by atoms with Crippen LogP contribution in [0.4, 0.5) is 10.5 Å². The second-order valence-electron chi connectivity index (χ2n) is 10.6. The average Bonchev–Trinajstić information content (AvgIpc) is 2.98. The van der Waals surface area contributed by atoms with Crippen LogP contribution in [0, 0.1) is 0 Å². The second-order valence-corrected chi connectivity index (χ2v) is 11.4. The zero-order valence-corrected chi connectivity index (χ0v) is 26.0. The fourth-order valence-corrected chi connectivity index (χ4v) is 5.52. The second kappa shape index (κ2) is 15.0. The van der Waals surface area contributed by atoms with E-state index in [1.165, 1.54) is 10.6 Å². The fourth-order valence-electron chi connectivity index (χ4n) is 5.10. The molecule has 1 saturated heterocycles. The monoisotopic (exact) mass is 618 g/mol. The molecule has 11 heteroatoms. The summed E-state index contributed by atoms with van der Waals surface area (Å²) < 4.78 is 18.2. The molecule has 1 atom stereocenters. The van der Waals surface area contributed by atoms with Gasteiger partial charge in [0.2, 0.25) is 0 Å². The Morgan fingerprint density at radius 3 is 2.55 bits per heavy atom. The smallest absolute Gasteiger partial charge is 0.494 e. The summed E-state index contributed by atoms with van der Waals surface area (Å²) in [6.07, 6.45) is 2.52. The molecule has 0 aliphatic carbocycles. The highest BCUT2D eigenvalue weighted by Gasteiger charge is 2.26. The van der Waals surface area contributed by atoms with E-state index in [0.717, 1.165) is 63.1 Å². The summed E-state index contributed by atoms with van der Waals surface area (Å²) in [5, 5.41) is 5.03. The van der Waals surface area contributed by atoms with Crippen LogP contribution in [0.2, 0.25) is 10.0 Å². The van der Waals surface area contributed by atoms with E-state index in [4.69, 9.17) is 37.4 Å². The molecule has 2 heterocycles. The van der Waals surface area contributed by atoms with Gasteiger partial charge in [-0.05, 0) is 69.1 Å². The van der Waals surface area contributed by atoms with Gasteiger partial charge in [-0.15, -0.1) is 0 Å². The molecule has 42 heavy (non-hydrogen) atoms. The van der Waals surface area contributed by atoms with Gasteiger partial charge in [0.1, 0.15) is 5.75 Å². The van der Waals surface area contributed by atoms with Crippen molar-refractivity contribution < 1.29 is 19.0 Å². The molecule has 4 rings (SSSR count). The summed E-state index contributed by atoms with van der Waals surface area (Å²) in [4.78, 5) is 29.7. The van der Waals surface area contributed by atoms with Crippen molar-refractivity contribution in [1.82, 2.24) is 14.8 Å². The van der Waals surface area contributed by atoms with E-state index in [1.807, 2.05) is 37.3 Å². The number of nitrogens with one attached hydrogen (secondary N) is 1. The maximum absolute atomic E-state index is 12.6. The standard InChI is InChI=1S/C31H40Cl2N4O5/c1-4-14-31(2,34-3)42-30(39)41-22-37-27-21-24(12-10-23(27)11-13-28(37)38)40-20-6-5-15-35-16-18-36(19-17-35)26-9-7-8-25(32)29(26)33/h7-13,21,34H,4-6,14-20,22H2,1-3H3. The fraction of sp³-hybridized carbons (Fsp3) is 0.484. The first kappa shape index (κ1) is 31.9. The molecular formula is C31H40Cl2N4O5. The molecule has 0 spiro atoms. The number of pyridine rings is 1. The van der Waals surface area contributed by atoms with Gasteiger partial charge < -0.3 is 19.1 Å². The minimum atomic E-state index is -0.841. The largest absolute Gasteiger partial charge is 0.511 e. The Morgan fingerprint density at radius 1 is 1.05 bits per heavy atom. The Hall–Kier alpha value is -2.98. The summed E-state index contributed by atoms with van der Waals surface area (Å²) in [6, 6.07) is 14.5. The molecule has 1 N–H and O–H groups in total. The number of hydrogen-bond acceptors (Lipinski definition) is 8. The molecule has 0 radical (unpaired) electrons. The molecule has 0 saturated carbocycles. The normalized spacial score (nSPS) is 15.4. The third kappa shape index (κ3) is 8.31. The van der Waals surface area contributed by atoms with Crippen LogP contribution in [0.15, 0.2) is 53.3 Å². The minimum absolute atomic E-state index is 0.263. The molecule has 1 aliphatic heterocycles. The third-order valence-corrected chi connectivity index (χ3v) is 8.43. The van der Waals surface area contributed by atoms with Crippen LogP contribution < -0.4 is 20.5 Å². The van der Waals surface area contributed by atoms with Crippen LogP contribution in [0.5, 0.6) is 5.75 Å². The first-order chi connectivity index (χ1) is 20.2. The summed E-state index contributed by atoms with van der Waals surface area (Å²) in [7, 11) is 1.72. The van der Waals surface area contributed by atoms with Crippen molar-refractivity contribution in [2.75, 3.05) is 51.3 Å². The number of benzene rings is 2. The molecule has 1 aromatic heterocycles. The number of unbranched alkanes of at least 4 members (excludes halogenated alkanes) is 1. The Morgan fingerprint density at radius 2 is 1.81 bits per heavy atom. The summed E-state index contributed by atoms with van der Waals surface area (Å²) in [6.45, 7) is 8.82. The number of aromatic nitrogens is 1. The minimum Gasteiger partial charge on any atom is -0.494 e. The number of hydrogen-bond donors (Lipinski definition) is 1. The van der Waals surface area contributed by atoms with E-state index < -0.39 is 11.9 Å². The number of ether oxygens (including phenoxy) is 3. The molecular weight excluding hydrogens is 579 g/mol. The van der Waals surface area contributed by atoms with Crippen molar-refractivity contribution in [3.63, 3.8) is 0 Å². The topological polar surface area (TPSA) is 85.3 Å². The Kier molecular flexibility index (Phi) is 11.4. The highest BCUT2D eigenvalue weighted by atomic mass is 35.5. The summed E-state index contributed by atoms with van der Waals surface area (Å²) in [5.74, 6) is 0.655. The van der Waals surface area contributed by atoms with Crippen LogP contribution in [0.1, 0.15) is 39.5 Å². The summed E-state index contributed by atoms with van der Waals surface area (Å²) in [5.41, 5.74) is 0.495. The zero-order valence-electron chi connectivity index (χ0n) is 24.5. The van der Waals surface area contributed by atoms with Crippen LogP contribution in [-0.2, 0) is 16.2 Å². The van der Waals surface area contributed by atoms with Crippen molar-refractivity contribution in [2.45, 2.75) is 52.0 Å². The Balaban J connectivity index is 1.25. The first-order valence-corrected chi connectivity index (χ1v) is 15.2. The number of fused-ring (bicyclic) bond motifs is 1. The number of piperazine rings is 1. The van der Waals surface area contributed by atoms with Gasteiger partial charge in [0, 0.05) is 44.7 Å². The zero-order chi connectivity index (χ0) is 30.1. The molecule has 1 aliphatic rings. The van der Waals surface area contributed by atoms with Gasteiger partial charge in [-0.3, -0.25) is 19.6 Å². The highest BCUT2D eigenvalue weighted by molar-refractivity contribution is 6.43. The molecule has 0 bridgehead atoms. The van der Waals surface area contributed by atoms with E-state index in [1.54, 1.807) is 26.1 Å². The van der Waals surface area contributed by atoms with Gasteiger partial charge in [0.25, 0.3) is 5.56 Å². The molecule has 0 amide bonds. The molecule has 9 nitrogen and oxygen atoms in total. The van der Waals surface area contributed by atoms with Crippen LogP contribution >= 0.6 is 23.2 Å². The van der Waals surface area contributed by atoms with Gasteiger partial charge in [0.15, 0.2) is 12.5 Å². The Bertz CT molecular complexity index is 1410. The molecule has 2 aromatic carbocycles. The number of halogens is 2. The van der Waals surface area contributed by atoms with Gasteiger partial charge in [0.05, 0.1) is 27.9 Å². The van der Waals surface area contributed by atoms with Crippen molar-refractivity contribution in [3.8, 4) is 5.75 Å². The first-order valence-electron chi connectivity index (χ1n) is 14.5. The lowest BCUT2D eigenvalue weighted by Crippen LogP contribution is -2.46. The lowest BCUT2D eigenvalue weighted by atomic mass is 10.1. The van der Waals surface area contributed by atoms with Gasteiger partial charge in [-0.1, -0.05) is 42.6 Å². The van der Waals surface area contributed by atoms with Crippen molar-refractivity contribution in [3.05, 3.63) is 68.9 Å². The van der Waals surface area contributed by atoms with Crippen molar-refractivity contribution in [1.29, 1.82) is 0 Å². The maximum atomic E-state index is 12.6. The molecule has 1 fully saturated rings. The van der Waals surface area contributed by atoms with E-state index in [-0.39, 0.29) is 12.3 Å². The predicted molar refractivity (Wildman–Crippen MR) is 168 cm³/mol. The van der Waals surface area contributed by atoms with E-state index >= 15 is 0 Å². The van der Waals surface area contributed by atoms with Crippen molar-refractivity contribution in [2.24, 2.45) is 0 Å². The van der Waals surface area contributed by atoms with Crippen LogP contribution in [0.3, 0.4) is 0 Å². The van der Waals surface area contributed by atoms with Gasteiger partial charge in [-0.25, -0.2) is 4.79 Å². The molecule has 1 unspecified atom stereocenters. The number of rotatable bonds is 13. The highest BCUT2D eigenvalue weighted by Crippen LogP contribution is 2.33. The van der Waals surface area contributed by atoms with E-state index in [0.29, 0.717) is 34.3 Å². The van der Waals surface area contributed by atoms with E-state index in [9.17, 15) is 9.59 Å². The number of anilines is 1. The maximum Gasteiger partial charge on any atom is 0.511 e. The predicted octanol–water partition coefficient (Wildman–Crippen LogP) is 6.14. The van der Waals surface area contributed by atoms with Crippen LogP contribution in [-0.4, -0.2) is 67.7 Å². The average molecular weight is 620 g/mol. The number of carbonyl (C=O) groups excluding carboxylic acids is 1. The van der Waals surface area contributed by atoms with Crippen LogP contribution in [0.25, 0.3) is 10.9 Å². The third-order valence-electron chi connectivity index (χ3n) is 7.62. The van der Waals surface area contributed by atoms with Gasteiger partial charge in [-0.2, -0.15) is 0 Å². The van der Waals surface area contributed by atoms with E-state index in [2.05, 4.69) is 15.1 Å². The molecule has 228 valence electrons. The molecule has 3 aromatic rings. The van der Waals surface area contributed by atoms with Gasteiger partial charge >= 0.3 is 6.16 Å².